The maximum Gasteiger partial charge on any atom is 0.0789 e. The van der Waals surface area contributed by atoms with Crippen LogP contribution >= 0.6 is 0 Å². The molecule has 0 radical (unpaired) electrons. The van der Waals surface area contributed by atoms with Gasteiger partial charge in [-0.1, -0.05) is 6.92 Å². The third kappa shape index (κ3) is 1.15. The Labute approximate surface area is 72.5 Å². The van der Waals surface area contributed by atoms with Crippen molar-refractivity contribution < 1.29 is 0 Å². The molecule has 0 aromatic carbocycles. The molecule has 2 aliphatic heterocycles. The Hall–Kier alpha value is -1.12. The second kappa shape index (κ2) is 2.73. The van der Waals surface area contributed by atoms with Crippen LogP contribution in [0.15, 0.2) is 21.9 Å². The van der Waals surface area contributed by atoms with Crippen LogP contribution in [0.25, 0.3) is 0 Å². The van der Waals surface area contributed by atoms with Gasteiger partial charge in [0.25, 0.3) is 0 Å². The summed E-state index contributed by atoms with van der Waals surface area (Å²) in [6.45, 7) is 5.08. The SMILES string of the molecule is CC1=CN2N=CC(C)C2CN=C1. The average Bonchev–Trinajstić information content (AvgIpc) is 2.31. The van der Waals surface area contributed by atoms with Crippen molar-refractivity contribution in [3.63, 3.8) is 0 Å². The van der Waals surface area contributed by atoms with Crippen LogP contribution < -0.4 is 0 Å². The first kappa shape index (κ1) is 7.53. The number of allylic oxidation sites excluding steroid dienone is 1. The molecule has 64 valence electrons. The molecule has 0 N–H and O–H groups in total. The van der Waals surface area contributed by atoms with Crippen molar-refractivity contribution in [2.24, 2.45) is 16.0 Å². The molecule has 12 heavy (non-hydrogen) atoms. The minimum atomic E-state index is 0.443. The second-order valence-corrected chi connectivity index (χ2v) is 3.44. The van der Waals surface area contributed by atoms with Crippen molar-refractivity contribution in [1.29, 1.82) is 0 Å². The number of nitrogens with zero attached hydrogens (tertiary/aromatic N) is 3. The van der Waals surface area contributed by atoms with Gasteiger partial charge in [-0.25, -0.2) is 0 Å². The Bertz CT molecular complexity index is 265. The average molecular weight is 163 g/mol. The van der Waals surface area contributed by atoms with Gasteiger partial charge in [-0.3, -0.25) is 10.0 Å². The lowest BCUT2D eigenvalue weighted by atomic mass is 10.1. The molecule has 0 fully saturated rings. The van der Waals surface area contributed by atoms with Crippen molar-refractivity contribution in [2.75, 3.05) is 6.54 Å². The highest BCUT2D eigenvalue weighted by Gasteiger charge is 2.26. The monoisotopic (exact) mass is 163 g/mol. The molecule has 3 heteroatoms. The quantitative estimate of drug-likeness (QED) is 0.528. The fourth-order valence-electron chi connectivity index (χ4n) is 1.53. The Morgan fingerprint density at radius 2 is 2.42 bits per heavy atom. The van der Waals surface area contributed by atoms with Crippen LogP contribution in [0.2, 0.25) is 0 Å². The Morgan fingerprint density at radius 3 is 3.25 bits per heavy atom. The molecule has 0 amide bonds. The van der Waals surface area contributed by atoms with Crippen molar-refractivity contribution in [3.8, 4) is 0 Å². The minimum absolute atomic E-state index is 0.443. The van der Waals surface area contributed by atoms with Crippen LogP contribution in [0, 0.1) is 5.92 Å². The Balaban J connectivity index is 2.25. The smallest absolute Gasteiger partial charge is 0.0789 e. The van der Waals surface area contributed by atoms with Crippen LogP contribution in [-0.4, -0.2) is 30.0 Å². The second-order valence-electron chi connectivity index (χ2n) is 3.44. The van der Waals surface area contributed by atoms with Crippen LogP contribution in [-0.2, 0) is 0 Å². The van der Waals surface area contributed by atoms with Crippen molar-refractivity contribution >= 4 is 12.4 Å². The van der Waals surface area contributed by atoms with Gasteiger partial charge < -0.3 is 0 Å². The van der Waals surface area contributed by atoms with E-state index < -0.39 is 0 Å². The van der Waals surface area contributed by atoms with Gasteiger partial charge in [0.15, 0.2) is 0 Å². The van der Waals surface area contributed by atoms with Crippen molar-refractivity contribution in [2.45, 2.75) is 19.9 Å². The molecule has 0 aliphatic carbocycles. The molecular formula is C9H13N3. The zero-order valence-corrected chi connectivity index (χ0v) is 7.44. The molecule has 2 unspecified atom stereocenters. The summed E-state index contributed by atoms with van der Waals surface area (Å²) in [5.74, 6) is 0.518. The summed E-state index contributed by atoms with van der Waals surface area (Å²) in [7, 11) is 0. The van der Waals surface area contributed by atoms with E-state index in [2.05, 4.69) is 23.2 Å². The molecular weight excluding hydrogens is 150 g/mol. The van der Waals surface area contributed by atoms with Crippen LogP contribution in [0.1, 0.15) is 13.8 Å². The summed E-state index contributed by atoms with van der Waals surface area (Å²) in [5.41, 5.74) is 1.17. The normalized spacial score (nSPS) is 33.2. The lowest BCUT2D eigenvalue weighted by molar-refractivity contribution is 0.294. The predicted octanol–water partition coefficient (Wildman–Crippen LogP) is 1.28. The highest BCUT2D eigenvalue weighted by atomic mass is 15.5. The Morgan fingerprint density at radius 1 is 1.58 bits per heavy atom. The molecule has 0 aromatic heterocycles. The van der Waals surface area contributed by atoms with Crippen LogP contribution in [0.3, 0.4) is 0 Å². The molecule has 0 saturated carbocycles. The third-order valence-corrected chi connectivity index (χ3v) is 2.31. The molecule has 2 atom stereocenters. The van der Waals surface area contributed by atoms with E-state index in [0.29, 0.717) is 12.0 Å². The van der Waals surface area contributed by atoms with Gasteiger partial charge in [0.2, 0.25) is 0 Å². The zero-order chi connectivity index (χ0) is 8.55. The van der Waals surface area contributed by atoms with E-state index >= 15 is 0 Å². The first-order chi connectivity index (χ1) is 5.77. The van der Waals surface area contributed by atoms with E-state index in [-0.39, 0.29) is 0 Å². The first-order valence-electron chi connectivity index (χ1n) is 4.28. The van der Waals surface area contributed by atoms with E-state index in [0.717, 1.165) is 6.54 Å². The van der Waals surface area contributed by atoms with Gasteiger partial charge in [-0.05, 0) is 12.5 Å². The lowest BCUT2D eigenvalue weighted by Gasteiger charge is -2.19. The van der Waals surface area contributed by atoms with Gasteiger partial charge in [-0.2, -0.15) is 5.10 Å². The maximum atomic E-state index is 4.33. The van der Waals surface area contributed by atoms with Crippen molar-refractivity contribution in [1.82, 2.24) is 5.01 Å². The molecule has 2 heterocycles. The summed E-state index contributed by atoms with van der Waals surface area (Å²) in [4.78, 5) is 4.33. The number of hydrogen-bond acceptors (Lipinski definition) is 3. The molecule has 0 bridgehead atoms. The molecule has 3 nitrogen and oxygen atoms in total. The predicted molar refractivity (Wildman–Crippen MR) is 50.4 cm³/mol. The summed E-state index contributed by atoms with van der Waals surface area (Å²) in [5, 5.41) is 6.32. The zero-order valence-electron chi connectivity index (χ0n) is 7.44. The van der Waals surface area contributed by atoms with Gasteiger partial charge in [-0.15, -0.1) is 0 Å². The number of rotatable bonds is 0. The number of fused-ring (bicyclic) bond motifs is 1. The summed E-state index contributed by atoms with van der Waals surface area (Å²) >= 11 is 0. The fraction of sp³-hybridized carbons (Fsp3) is 0.556. The van der Waals surface area contributed by atoms with E-state index in [1.807, 2.05) is 24.4 Å². The molecule has 0 saturated heterocycles. The number of hydrogen-bond donors (Lipinski definition) is 0. The summed E-state index contributed by atoms with van der Waals surface area (Å²) in [6.07, 6.45) is 5.97. The van der Waals surface area contributed by atoms with Crippen LogP contribution in [0.5, 0.6) is 0 Å². The van der Waals surface area contributed by atoms with E-state index in [1.165, 1.54) is 5.57 Å². The van der Waals surface area contributed by atoms with Gasteiger partial charge >= 0.3 is 0 Å². The van der Waals surface area contributed by atoms with Crippen molar-refractivity contribution in [3.05, 3.63) is 11.8 Å². The number of aliphatic imine (C=N–C) groups is 1. The summed E-state index contributed by atoms with van der Waals surface area (Å²) in [6, 6.07) is 0.443. The third-order valence-electron chi connectivity index (χ3n) is 2.31. The maximum absolute atomic E-state index is 4.33. The van der Waals surface area contributed by atoms with Gasteiger partial charge in [0, 0.05) is 24.5 Å². The molecule has 2 rings (SSSR count). The molecule has 0 spiro atoms. The Kier molecular flexibility index (Phi) is 1.71. The largest absolute Gasteiger partial charge is 0.291 e. The topological polar surface area (TPSA) is 28.0 Å². The summed E-state index contributed by atoms with van der Waals surface area (Å²) < 4.78 is 0. The fourth-order valence-corrected chi connectivity index (χ4v) is 1.53. The van der Waals surface area contributed by atoms with Crippen LogP contribution in [0.4, 0.5) is 0 Å². The van der Waals surface area contributed by atoms with E-state index in [1.54, 1.807) is 0 Å². The minimum Gasteiger partial charge on any atom is -0.291 e. The highest BCUT2D eigenvalue weighted by Crippen LogP contribution is 2.20. The molecule has 0 aromatic rings. The van der Waals surface area contributed by atoms with Gasteiger partial charge in [0.1, 0.15) is 0 Å². The van der Waals surface area contributed by atoms with E-state index in [9.17, 15) is 0 Å². The lowest BCUT2D eigenvalue weighted by Crippen LogP contribution is -2.29. The molecule has 2 aliphatic rings. The first-order valence-corrected chi connectivity index (χ1v) is 4.28. The van der Waals surface area contributed by atoms with E-state index in [4.69, 9.17) is 0 Å². The van der Waals surface area contributed by atoms with Gasteiger partial charge in [0.05, 0.1) is 12.6 Å². The standard InChI is InChI=1S/C9H13N3/c1-7-3-10-5-9-8(2)4-11-12(9)6-7/h3-4,6,8-9H,5H2,1-2H3. The highest BCUT2D eigenvalue weighted by molar-refractivity contribution is 5.78. The number of hydrazone groups is 1.